The number of hydrogen-bond acceptors (Lipinski definition) is 5. The van der Waals surface area contributed by atoms with Gasteiger partial charge in [0, 0.05) is 51.9 Å². The van der Waals surface area contributed by atoms with E-state index in [0.717, 1.165) is 30.9 Å². The molecule has 1 aliphatic heterocycles. The second-order valence-electron chi connectivity index (χ2n) is 6.90. The van der Waals surface area contributed by atoms with E-state index in [4.69, 9.17) is 11.6 Å². The molecule has 0 saturated carbocycles. The first-order chi connectivity index (χ1) is 14.3. The zero-order chi connectivity index (χ0) is 21.7. The number of guanidine groups is 1. The molecule has 0 aromatic carbocycles. The Balaban J connectivity index is 1.52. The molecule has 1 saturated heterocycles. The molecule has 0 aliphatic carbocycles. The molecule has 12 heteroatoms. The maximum absolute atomic E-state index is 12.8. The third-order valence-electron chi connectivity index (χ3n) is 4.86. The Morgan fingerprint density at radius 1 is 1.40 bits per heavy atom. The molecule has 2 N–H and O–H groups in total. The van der Waals surface area contributed by atoms with Gasteiger partial charge in [-0.3, -0.25) is 4.99 Å². The zero-order valence-electron chi connectivity index (χ0n) is 16.7. The van der Waals surface area contributed by atoms with Crippen molar-refractivity contribution in [3.8, 4) is 0 Å². The first-order valence-corrected chi connectivity index (χ1v) is 10.0. The lowest BCUT2D eigenvalue weighted by molar-refractivity contribution is -0.137. The molecule has 0 radical (unpaired) electrons. The highest BCUT2D eigenvalue weighted by Crippen LogP contribution is 2.34. The second kappa shape index (κ2) is 9.50. The van der Waals surface area contributed by atoms with Gasteiger partial charge in [-0.25, -0.2) is 4.98 Å². The number of aromatic nitrogens is 4. The topological polar surface area (TPSA) is 83.3 Å². The van der Waals surface area contributed by atoms with Gasteiger partial charge in [0.1, 0.15) is 18.0 Å². The summed E-state index contributed by atoms with van der Waals surface area (Å²) in [5.74, 6) is 1.93. The fourth-order valence-corrected chi connectivity index (χ4v) is 3.60. The lowest BCUT2D eigenvalue weighted by Gasteiger charge is -2.21. The largest absolute Gasteiger partial charge is 0.417 e. The van der Waals surface area contributed by atoms with Crippen LogP contribution in [0.4, 0.5) is 19.0 Å². The van der Waals surface area contributed by atoms with Gasteiger partial charge in [-0.2, -0.15) is 13.2 Å². The van der Waals surface area contributed by atoms with Gasteiger partial charge >= 0.3 is 6.18 Å². The van der Waals surface area contributed by atoms with Gasteiger partial charge in [0.05, 0.1) is 10.6 Å². The van der Waals surface area contributed by atoms with Gasteiger partial charge in [0.2, 0.25) is 0 Å². The molecule has 164 valence electrons. The summed E-state index contributed by atoms with van der Waals surface area (Å²) in [6, 6.07) is 0.984. The number of alkyl halides is 3. The third kappa shape index (κ3) is 5.32. The smallest absolute Gasteiger partial charge is 0.355 e. The van der Waals surface area contributed by atoms with Gasteiger partial charge in [0.25, 0.3) is 0 Å². The van der Waals surface area contributed by atoms with Crippen molar-refractivity contribution >= 4 is 23.4 Å². The molecule has 2 aromatic rings. The number of halogens is 4. The molecule has 3 heterocycles. The lowest BCUT2D eigenvalue weighted by atomic mass is 10.2. The molecule has 8 nitrogen and oxygen atoms in total. The van der Waals surface area contributed by atoms with Crippen molar-refractivity contribution in [2.45, 2.75) is 38.5 Å². The number of hydrogen-bond donors (Lipinski definition) is 2. The number of rotatable bonds is 6. The maximum Gasteiger partial charge on any atom is 0.417 e. The van der Waals surface area contributed by atoms with Crippen LogP contribution in [0.25, 0.3) is 0 Å². The van der Waals surface area contributed by atoms with E-state index in [9.17, 15) is 13.2 Å². The molecule has 0 spiro atoms. The highest BCUT2D eigenvalue weighted by atomic mass is 35.5. The van der Waals surface area contributed by atoms with Crippen molar-refractivity contribution in [2.24, 2.45) is 4.99 Å². The van der Waals surface area contributed by atoms with Crippen molar-refractivity contribution in [2.75, 3.05) is 31.6 Å². The van der Waals surface area contributed by atoms with Gasteiger partial charge in [-0.15, -0.1) is 10.2 Å². The van der Waals surface area contributed by atoms with Gasteiger partial charge in [0.15, 0.2) is 5.96 Å². The number of anilines is 1. The van der Waals surface area contributed by atoms with Crippen LogP contribution in [-0.2, 0) is 19.1 Å². The van der Waals surface area contributed by atoms with Crippen LogP contribution in [-0.4, -0.2) is 58.4 Å². The minimum atomic E-state index is -4.47. The Bertz CT molecular complexity index is 883. The summed E-state index contributed by atoms with van der Waals surface area (Å²) in [6.45, 7) is 4.57. The van der Waals surface area contributed by atoms with Crippen LogP contribution in [0.15, 0.2) is 23.6 Å². The van der Waals surface area contributed by atoms with Crippen molar-refractivity contribution < 1.29 is 13.2 Å². The molecule has 0 bridgehead atoms. The molecule has 2 aromatic heterocycles. The third-order valence-corrected chi connectivity index (χ3v) is 5.14. The van der Waals surface area contributed by atoms with Crippen LogP contribution in [0, 0.1) is 0 Å². The summed E-state index contributed by atoms with van der Waals surface area (Å²) in [5, 5.41) is 14.5. The minimum Gasteiger partial charge on any atom is -0.355 e. The van der Waals surface area contributed by atoms with Crippen molar-refractivity contribution in [3.05, 3.63) is 35.0 Å². The monoisotopic (exact) mass is 444 g/mol. The Kier molecular flexibility index (Phi) is 7.01. The quantitative estimate of drug-likeness (QED) is 0.525. The molecule has 1 fully saturated rings. The van der Waals surface area contributed by atoms with Crippen LogP contribution in [0.2, 0.25) is 5.02 Å². The van der Waals surface area contributed by atoms with Crippen LogP contribution in [0.1, 0.15) is 24.7 Å². The number of nitrogens with zero attached hydrogens (tertiary/aromatic N) is 6. The van der Waals surface area contributed by atoms with E-state index >= 15 is 0 Å². The summed E-state index contributed by atoms with van der Waals surface area (Å²) in [5.41, 5.74) is -0.853. The SMILES string of the molecule is CCc1nncn1CCNC(=NC)NC1CCN(c2ncc(C(F)(F)F)cc2Cl)C1. The van der Waals surface area contributed by atoms with Gasteiger partial charge in [-0.1, -0.05) is 18.5 Å². The molecular weight excluding hydrogens is 421 g/mol. The number of aliphatic imine (C=N–C) groups is 1. The predicted molar refractivity (Wildman–Crippen MR) is 109 cm³/mol. The van der Waals surface area contributed by atoms with E-state index in [1.165, 1.54) is 0 Å². The molecule has 1 atom stereocenters. The number of nitrogens with one attached hydrogen (secondary N) is 2. The van der Waals surface area contributed by atoms with E-state index in [1.807, 2.05) is 16.4 Å². The minimum absolute atomic E-state index is 0.00588. The van der Waals surface area contributed by atoms with Crippen LogP contribution < -0.4 is 15.5 Å². The molecule has 1 unspecified atom stereocenters. The Labute approximate surface area is 177 Å². The molecular formula is C18H24ClF3N8. The van der Waals surface area contributed by atoms with Crippen molar-refractivity contribution in [3.63, 3.8) is 0 Å². The van der Waals surface area contributed by atoms with Crippen molar-refractivity contribution in [1.29, 1.82) is 0 Å². The summed E-state index contributed by atoms with van der Waals surface area (Å²) < 4.78 is 40.4. The zero-order valence-corrected chi connectivity index (χ0v) is 17.5. The van der Waals surface area contributed by atoms with Gasteiger partial charge in [-0.05, 0) is 12.5 Å². The van der Waals surface area contributed by atoms with E-state index < -0.39 is 11.7 Å². The van der Waals surface area contributed by atoms with Gasteiger partial charge < -0.3 is 20.1 Å². The van der Waals surface area contributed by atoms with Crippen molar-refractivity contribution in [1.82, 2.24) is 30.4 Å². The standard InChI is InChI=1S/C18H24ClF3N8/c1-3-15-28-26-11-30(15)7-5-24-17(23-2)27-13-4-6-29(10-13)16-14(19)8-12(9-25-16)18(20,21)22/h8-9,11,13H,3-7,10H2,1-2H3,(H2,23,24,27). The molecule has 1 aliphatic rings. The Morgan fingerprint density at radius 2 is 2.20 bits per heavy atom. The number of aryl methyl sites for hydroxylation is 1. The Hall–Kier alpha value is -2.56. The highest BCUT2D eigenvalue weighted by molar-refractivity contribution is 6.33. The molecule has 30 heavy (non-hydrogen) atoms. The predicted octanol–water partition coefficient (Wildman–Crippen LogP) is 2.35. The summed E-state index contributed by atoms with van der Waals surface area (Å²) in [4.78, 5) is 10.0. The second-order valence-corrected chi connectivity index (χ2v) is 7.30. The molecule has 3 rings (SSSR count). The highest BCUT2D eigenvalue weighted by Gasteiger charge is 2.33. The normalized spacial score (nSPS) is 17.5. The van der Waals surface area contributed by atoms with E-state index in [2.05, 4.69) is 30.8 Å². The van der Waals surface area contributed by atoms with Crippen LogP contribution >= 0.6 is 11.6 Å². The lowest BCUT2D eigenvalue weighted by Crippen LogP contribution is -2.45. The van der Waals surface area contributed by atoms with E-state index in [1.54, 1.807) is 13.4 Å². The van der Waals surface area contributed by atoms with E-state index in [0.29, 0.717) is 38.0 Å². The summed E-state index contributed by atoms with van der Waals surface area (Å²) in [6.07, 6.45) is -0.353. The first-order valence-electron chi connectivity index (χ1n) is 9.63. The first kappa shape index (κ1) is 22.1. The summed E-state index contributed by atoms with van der Waals surface area (Å²) in [7, 11) is 1.69. The Morgan fingerprint density at radius 3 is 2.87 bits per heavy atom. The number of pyridine rings is 1. The average molecular weight is 445 g/mol. The van der Waals surface area contributed by atoms with Crippen LogP contribution in [0.5, 0.6) is 0 Å². The van der Waals surface area contributed by atoms with E-state index in [-0.39, 0.29) is 11.1 Å². The average Bonchev–Trinajstić information content (AvgIpc) is 3.35. The fraction of sp³-hybridized carbons (Fsp3) is 0.556. The fourth-order valence-electron chi connectivity index (χ4n) is 3.31. The molecule has 0 amide bonds. The maximum atomic E-state index is 12.8. The van der Waals surface area contributed by atoms with Crippen LogP contribution in [0.3, 0.4) is 0 Å². The summed E-state index contributed by atoms with van der Waals surface area (Å²) >= 11 is 6.07.